The number of ether oxygens (including phenoxy) is 5. The van der Waals surface area contributed by atoms with Crippen molar-refractivity contribution >= 4 is 11.9 Å². The Labute approximate surface area is 241 Å². The van der Waals surface area contributed by atoms with Crippen LogP contribution < -0.4 is 11.1 Å². The Hall–Kier alpha value is -2.11. The maximum Gasteiger partial charge on any atom is 0.337 e. The number of esters is 1. The fourth-order valence-electron chi connectivity index (χ4n) is 3.35. The molecule has 0 bridgehead atoms. The van der Waals surface area contributed by atoms with Crippen molar-refractivity contribution in [2.75, 3.05) is 40.1 Å². The maximum absolute atomic E-state index is 13.2. The van der Waals surface area contributed by atoms with Gasteiger partial charge in [-0.2, -0.15) is 0 Å². The first kappa shape index (κ1) is 35.9. The summed E-state index contributed by atoms with van der Waals surface area (Å²) in [7, 11) is 1.66. The molecule has 3 unspecified atom stereocenters. The number of aromatic nitrogens is 1. The molecule has 0 aliphatic rings. The molecular weight excluding hydrogens is 514 g/mol. The van der Waals surface area contributed by atoms with Gasteiger partial charge in [-0.05, 0) is 73.4 Å². The summed E-state index contributed by atoms with van der Waals surface area (Å²) in [5.41, 5.74) is 3.58. The summed E-state index contributed by atoms with van der Waals surface area (Å²) < 4.78 is 28.6. The van der Waals surface area contributed by atoms with Gasteiger partial charge in [-0.1, -0.05) is 13.0 Å². The van der Waals surface area contributed by atoms with Crippen LogP contribution in [0.25, 0.3) is 0 Å². The number of hydrogen-bond donors (Lipinski definition) is 2. The Morgan fingerprint density at radius 1 is 1.02 bits per heavy atom. The van der Waals surface area contributed by atoms with E-state index in [1.807, 2.05) is 45.9 Å². The van der Waals surface area contributed by atoms with E-state index in [0.29, 0.717) is 32.4 Å². The first-order valence-corrected chi connectivity index (χ1v) is 14.1. The van der Waals surface area contributed by atoms with Gasteiger partial charge in [0.05, 0.1) is 31.5 Å². The lowest BCUT2D eigenvalue weighted by atomic mass is 9.91. The van der Waals surface area contributed by atoms with Crippen LogP contribution in [0.3, 0.4) is 0 Å². The van der Waals surface area contributed by atoms with E-state index in [2.05, 4.69) is 10.3 Å². The van der Waals surface area contributed by atoms with Crippen LogP contribution in [0.2, 0.25) is 0 Å². The van der Waals surface area contributed by atoms with Gasteiger partial charge in [-0.25, -0.2) is 4.79 Å². The van der Waals surface area contributed by atoms with Crippen LogP contribution in [-0.2, 0) is 39.7 Å². The third-order valence-corrected chi connectivity index (χ3v) is 6.97. The quantitative estimate of drug-likeness (QED) is 0.178. The van der Waals surface area contributed by atoms with E-state index in [4.69, 9.17) is 29.4 Å². The number of carbonyl (C=O) groups is 2. The minimum atomic E-state index is -1.25. The van der Waals surface area contributed by atoms with Gasteiger partial charge in [0.1, 0.15) is 17.7 Å². The van der Waals surface area contributed by atoms with E-state index in [1.54, 1.807) is 41.0 Å². The minimum absolute atomic E-state index is 0.0375. The van der Waals surface area contributed by atoms with Crippen molar-refractivity contribution < 1.29 is 33.3 Å². The molecule has 3 atom stereocenters. The number of hydrogen-bond acceptors (Lipinski definition) is 9. The summed E-state index contributed by atoms with van der Waals surface area (Å²) in [6.07, 6.45) is 4.12. The van der Waals surface area contributed by atoms with E-state index in [-0.39, 0.29) is 37.4 Å². The highest BCUT2D eigenvalue weighted by Crippen LogP contribution is 2.23. The summed E-state index contributed by atoms with van der Waals surface area (Å²) >= 11 is 0. The maximum atomic E-state index is 13.2. The highest BCUT2D eigenvalue weighted by Gasteiger charge is 2.39. The Kier molecular flexibility index (Phi) is 14.7. The van der Waals surface area contributed by atoms with Gasteiger partial charge < -0.3 is 34.7 Å². The number of nitrogens with zero attached hydrogens (tertiary/aromatic N) is 1. The summed E-state index contributed by atoms with van der Waals surface area (Å²) in [6, 6.07) is 5.66. The van der Waals surface area contributed by atoms with Crippen molar-refractivity contribution in [1.82, 2.24) is 10.3 Å². The van der Waals surface area contributed by atoms with E-state index in [0.717, 1.165) is 12.1 Å². The van der Waals surface area contributed by atoms with Crippen LogP contribution >= 0.6 is 0 Å². The van der Waals surface area contributed by atoms with Crippen molar-refractivity contribution in [2.24, 2.45) is 11.1 Å². The average molecular weight is 568 g/mol. The van der Waals surface area contributed by atoms with Gasteiger partial charge in [-0.3, -0.25) is 9.78 Å². The van der Waals surface area contributed by atoms with Gasteiger partial charge in [0, 0.05) is 38.4 Å². The second kappa shape index (κ2) is 16.4. The molecule has 10 nitrogen and oxygen atoms in total. The Bertz CT molecular complexity index is 893. The highest BCUT2D eigenvalue weighted by molar-refractivity contribution is 5.83. The van der Waals surface area contributed by atoms with Crippen molar-refractivity contribution in [3.05, 3.63) is 30.1 Å². The number of pyridine rings is 1. The molecule has 0 spiro atoms. The molecule has 1 amide bonds. The van der Waals surface area contributed by atoms with Gasteiger partial charge in [0.15, 0.2) is 5.60 Å². The van der Waals surface area contributed by atoms with Crippen molar-refractivity contribution in [3.8, 4) is 0 Å². The Balaban J connectivity index is 2.66. The van der Waals surface area contributed by atoms with Crippen molar-refractivity contribution in [2.45, 2.75) is 104 Å². The lowest BCUT2D eigenvalue weighted by Gasteiger charge is -2.32. The highest BCUT2D eigenvalue weighted by atomic mass is 16.6. The lowest BCUT2D eigenvalue weighted by Crippen LogP contribution is -2.48. The first-order chi connectivity index (χ1) is 18.6. The molecule has 10 heteroatoms. The zero-order valence-electron chi connectivity index (χ0n) is 26.1. The molecule has 0 aliphatic carbocycles. The number of amides is 1. The molecular formula is C30H53N3O7. The number of nitrogens with one attached hydrogen (secondary N) is 1. The van der Waals surface area contributed by atoms with Crippen LogP contribution in [0.1, 0.15) is 80.3 Å². The second-order valence-electron chi connectivity index (χ2n) is 12.0. The van der Waals surface area contributed by atoms with Gasteiger partial charge >= 0.3 is 5.97 Å². The molecule has 0 fully saturated rings. The molecule has 1 aromatic rings. The molecule has 0 radical (unpaired) electrons. The first-order valence-electron chi connectivity index (χ1n) is 14.1. The standard InChI is InChI=1S/C30H53N3O7/c1-10-23(2)37-21-29(7,25(34)33-18-14-24-13-11-12-17-32-24)22-38-26(35)28(5,6)39-20-16-30(8,31)40-19-15-27(3,4)36-9/h11-13,17,23H,10,14-16,18-22,31H2,1-9H3,(H,33,34). The average Bonchev–Trinajstić information content (AvgIpc) is 2.90. The summed E-state index contributed by atoms with van der Waals surface area (Å²) in [5, 5.41) is 2.94. The van der Waals surface area contributed by atoms with Crippen LogP contribution in [-0.4, -0.2) is 80.0 Å². The third-order valence-electron chi connectivity index (χ3n) is 6.97. The molecule has 0 aliphatic heterocycles. The van der Waals surface area contributed by atoms with E-state index in [1.165, 1.54) is 0 Å². The molecule has 0 saturated carbocycles. The summed E-state index contributed by atoms with van der Waals surface area (Å²) in [5.74, 6) is -0.837. The second-order valence-corrected chi connectivity index (χ2v) is 12.0. The lowest BCUT2D eigenvalue weighted by molar-refractivity contribution is -0.176. The molecule has 3 N–H and O–H groups in total. The smallest absolute Gasteiger partial charge is 0.337 e. The monoisotopic (exact) mass is 567 g/mol. The van der Waals surface area contributed by atoms with Crippen LogP contribution in [0.5, 0.6) is 0 Å². The molecule has 1 rings (SSSR count). The zero-order valence-corrected chi connectivity index (χ0v) is 26.1. The van der Waals surface area contributed by atoms with Crippen LogP contribution in [0.15, 0.2) is 24.4 Å². The Morgan fingerprint density at radius 2 is 1.70 bits per heavy atom. The number of rotatable bonds is 20. The zero-order chi connectivity index (χ0) is 30.5. The predicted molar refractivity (Wildman–Crippen MR) is 155 cm³/mol. The largest absolute Gasteiger partial charge is 0.462 e. The molecule has 230 valence electrons. The fourth-order valence-corrected chi connectivity index (χ4v) is 3.35. The topological polar surface area (TPSA) is 131 Å². The molecule has 1 heterocycles. The molecule has 1 aromatic heterocycles. The Morgan fingerprint density at radius 3 is 2.30 bits per heavy atom. The van der Waals surface area contributed by atoms with E-state index < -0.39 is 22.7 Å². The molecule has 0 saturated heterocycles. The van der Waals surface area contributed by atoms with Gasteiger partial charge in [0.2, 0.25) is 5.91 Å². The summed E-state index contributed by atoms with van der Waals surface area (Å²) in [4.78, 5) is 30.5. The van der Waals surface area contributed by atoms with E-state index in [9.17, 15) is 9.59 Å². The third kappa shape index (κ3) is 13.5. The van der Waals surface area contributed by atoms with Crippen LogP contribution in [0, 0.1) is 5.41 Å². The van der Waals surface area contributed by atoms with Gasteiger partial charge in [-0.15, -0.1) is 0 Å². The van der Waals surface area contributed by atoms with Crippen molar-refractivity contribution in [3.63, 3.8) is 0 Å². The molecule has 0 aromatic carbocycles. The molecule has 40 heavy (non-hydrogen) atoms. The number of nitrogens with two attached hydrogens (primary N) is 1. The van der Waals surface area contributed by atoms with Crippen LogP contribution in [0.4, 0.5) is 0 Å². The number of methoxy groups -OCH3 is 1. The van der Waals surface area contributed by atoms with E-state index >= 15 is 0 Å². The summed E-state index contributed by atoms with van der Waals surface area (Å²) in [6.45, 7) is 15.6. The predicted octanol–water partition coefficient (Wildman–Crippen LogP) is 3.80. The number of carbonyl (C=O) groups excluding carboxylic acids is 2. The SMILES string of the molecule is CCC(C)OCC(C)(COC(=O)C(C)(C)OCCC(C)(N)OCCC(C)(C)OC)C(=O)NCCc1ccccn1. The minimum Gasteiger partial charge on any atom is -0.462 e. The van der Waals surface area contributed by atoms with Gasteiger partial charge in [0.25, 0.3) is 0 Å². The van der Waals surface area contributed by atoms with Crippen molar-refractivity contribution in [1.29, 1.82) is 0 Å². The fraction of sp³-hybridized carbons (Fsp3) is 0.767. The normalized spacial score (nSPS) is 16.1.